The summed E-state index contributed by atoms with van der Waals surface area (Å²) in [5, 5.41) is 12.1. The number of hydrogen-bond donors (Lipinski definition) is 2. The molecule has 1 fully saturated rings. The molecular weight excluding hydrogens is 130 g/mol. The molecule has 1 aliphatic rings. The van der Waals surface area contributed by atoms with Gasteiger partial charge in [-0.15, -0.1) is 0 Å². The van der Waals surface area contributed by atoms with Gasteiger partial charge in [0.2, 0.25) is 5.91 Å². The molecule has 1 unspecified atom stereocenters. The average Bonchev–Trinajstić information content (AvgIpc) is 1.73. The minimum Gasteiger partial charge on any atom is -0.371 e. The number of hydrogen-bond acceptors (Lipinski definition) is 2. The summed E-state index contributed by atoms with van der Waals surface area (Å²) >= 11 is 0. The number of nitrogens with one attached hydrogen (secondary N) is 1. The average molecular weight is 143 g/mol. The molecule has 0 radical (unpaired) electrons. The Morgan fingerprint density at radius 1 is 1.50 bits per heavy atom. The summed E-state index contributed by atoms with van der Waals surface area (Å²) in [5.74, 6) is -0.0741. The van der Waals surface area contributed by atoms with Gasteiger partial charge in [0.25, 0.3) is 0 Å². The molecule has 2 N–H and O–H groups in total. The Bertz CT molecular complexity index is 154. The summed E-state index contributed by atoms with van der Waals surface area (Å²) in [4.78, 5) is 10.8. The number of amides is 1. The molecule has 0 spiro atoms. The lowest BCUT2D eigenvalue weighted by Crippen LogP contribution is -2.46. The molecule has 1 rings (SSSR count). The Balaban J connectivity index is 2.88. The summed E-state index contributed by atoms with van der Waals surface area (Å²) in [5.41, 5.74) is -1.38. The van der Waals surface area contributed by atoms with Crippen LogP contribution in [0.5, 0.6) is 0 Å². The van der Waals surface area contributed by atoms with Crippen molar-refractivity contribution in [3.8, 4) is 0 Å². The van der Waals surface area contributed by atoms with Crippen molar-refractivity contribution in [3.05, 3.63) is 0 Å². The second-order valence-corrected chi connectivity index (χ2v) is 3.68. The van der Waals surface area contributed by atoms with E-state index in [2.05, 4.69) is 5.32 Å². The summed E-state index contributed by atoms with van der Waals surface area (Å²) in [6, 6.07) is 0. The summed E-state index contributed by atoms with van der Waals surface area (Å²) < 4.78 is 0. The fourth-order valence-corrected chi connectivity index (χ4v) is 1.06. The van der Waals surface area contributed by atoms with E-state index in [9.17, 15) is 9.90 Å². The van der Waals surface area contributed by atoms with E-state index in [4.69, 9.17) is 0 Å². The first-order valence-corrected chi connectivity index (χ1v) is 3.38. The van der Waals surface area contributed by atoms with Gasteiger partial charge in [-0.2, -0.15) is 0 Å². The second-order valence-electron chi connectivity index (χ2n) is 3.68. The van der Waals surface area contributed by atoms with Gasteiger partial charge in [0.1, 0.15) is 5.72 Å². The van der Waals surface area contributed by atoms with E-state index in [1.807, 2.05) is 13.8 Å². The van der Waals surface area contributed by atoms with Crippen molar-refractivity contribution >= 4 is 5.91 Å². The number of carbonyl (C=O) groups is 1. The zero-order valence-corrected chi connectivity index (χ0v) is 6.56. The van der Waals surface area contributed by atoms with Crippen LogP contribution in [0.3, 0.4) is 0 Å². The number of rotatable bonds is 0. The number of carbonyl (C=O) groups excluding carboxylic acids is 1. The van der Waals surface area contributed by atoms with Gasteiger partial charge in [-0.1, -0.05) is 13.8 Å². The minimum absolute atomic E-state index is 0.0741. The molecule has 58 valence electrons. The van der Waals surface area contributed by atoms with E-state index in [1.165, 1.54) is 0 Å². The Kier molecular flexibility index (Phi) is 1.30. The monoisotopic (exact) mass is 143 g/mol. The van der Waals surface area contributed by atoms with Crippen LogP contribution in [-0.4, -0.2) is 16.7 Å². The smallest absolute Gasteiger partial charge is 0.222 e. The lowest BCUT2D eigenvalue weighted by molar-refractivity contribution is -0.121. The molecule has 1 amide bonds. The van der Waals surface area contributed by atoms with E-state index >= 15 is 0 Å². The van der Waals surface area contributed by atoms with E-state index in [1.54, 1.807) is 6.92 Å². The van der Waals surface area contributed by atoms with Gasteiger partial charge in [0.05, 0.1) is 0 Å². The molecule has 1 heterocycles. The first-order valence-electron chi connectivity index (χ1n) is 3.38. The van der Waals surface area contributed by atoms with Crippen molar-refractivity contribution in [2.45, 2.75) is 32.9 Å². The fourth-order valence-electron chi connectivity index (χ4n) is 1.06. The Morgan fingerprint density at radius 3 is 2.10 bits per heavy atom. The standard InChI is InChI=1S/C7H13NO2/c1-6(2)4-5(9)8-7(6,3)10/h10H,4H2,1-3H3,(H,8,9). The van der Waals surface area contributed by atoms with Crippen LogP contribution in [0.1, 0.15) is 27.2 Å². The predicted molar refractivity (Wildman–Crippen MR) is 37.2 cm³/mol. The zero-order chi connectivity index (χ0) is 7.99. The molecular formula is C7H13NO2. The molecule has 1 atom stereocenters. The Morgan fingerprint density at radius 2 is 2.00 bits per heavy atom. The summed E-state index contributed by atoms with van der Waals surface area (Å²) in [7, 11) is 0. The normalized spacial score (nSPS) is 37.8. The second kappa shape index (κ2) is 1.72. The van der Waals surface area contributed by atoms with Gasteiger partial charge in [0.15, 0.2) is 0 Å². The minimum atomic E-state index is -1.04. The van der Waals surface area contributed by atoms with E-state index < -0.39 is 5.72 Å². The first kappa shape index (κ1) is 7.54. The highest BCUT2D eigenvalue weighted by Crippen LogP contribution is 2.36. The summed E-state index contributed by atoms with van der Waals surface area (Å²) in [6.07, 6.45) is 0.403. The first-order chi connectivity index (χ1) is 4.35. The van der Waals surface area contributed by atoms with Crippen molar-refractivity contribution in [1.29, 1.82) is 0 Å². The molecule has 0 aliphatic carbocycles. The molecule has 3 heteroatoms. The van der Waals surface area contributed by atoms with Gasteiger partial charge < -0.3 is 10.4 Å². The van der Waals surface area contributed by atoms with Crippen molar-refractivity contribution in [2.24, 2.45) is 5.41 Å². The predicted octanol–water partition coefficient (Wildman–Crippen LogP) is 0.241. The lowest BCUT2D eigenvalue weighted by atomic mass is 9.83. The molecule has 0 saturated carbocycles. The van der Waals surface area contributed by atoms with Crippen LogP contribution in [0.15, 0.2) is 0 Å². The molecule has 3 nitrogen and oxygen atoms in total. The molecule has 0 aromatic carbocycles. The van der Waals surface area contributed by atoms with Gasteiger partial charge in [-0.3, -0.25) is 4.79 Å². The van der Waals surface area contributed by atoms with Crippen molar-refractivity contribution in [3.63, 3.8) is 0 Å². The highest BCUT2D eigenvalue weighted by Gasteiger charge is 2.47. The van der Waals surface area contributed by atoms with E-state index in [0.29, 0.717) is 6.42 Å². The Labute approximate surface area is 60.4 Å². The van der Waals surface area contributed by atoms with Crippen LogP contribution in [0.4, 0.5) is 0 Å². The molecule has 1 aliphatic heterocycles. The molecule has 0 aromatic rings. The van der Waals surface area contributed by atoms with Crippen LogP contribution in [0.2, 0.25) is 0 Å². The Hall–Kier alpha value is -0.570. The third-order valence-corrected chi connectivity index (χ3v) is 2.30. The maximum Gasteiger partial charge on any atom is 0.222 e. The number of aliphatic hydroxyl groups is 1. The molecule has 0 bridgehead atoms. The van der Waals surface area contributed by atoms with Gasteiger partial charge in [-0.25, -0.2) is 0 Å². The largest absolute Gasteiger partial charge is 0.371 e. The van der Waals surface area contributed by atoms with Gasteiger partial charge in [0, 0.05) is 11.8 Å². The third kappa shape index (κ3) is 0.904. The summed E-state index contributed by atoms with van der Waals surface area (Å²) in [6.45, 7) is 5.35. The highest BCUT2D eigenvalue weighted by molar-refractivity contribution is 5.80. The molecule has 0 aromatic heterocycles. The van der Waals surface area contributed by atoms with Crippen LogP contribution >= 0.6 is 0 Å². The topological polar surface area (TPSA) is 49.3 Å². The maximum absolute atomic E-state index is 10.8. The highest BCUT2D eigenvalue weighted by atomic mass is 16.3. The zero-order valence-electron chi connectivity index (χ0n) is 6.56. The van der Waals surface area contributed by atoms with Crippen LogP contribution < -0.4 is 5.32 Å². The van der Waals surface area contributed by atoms with Crippen LogP contribution in [0.25, 0.3) is 0 Å². The van der Waals surface area contributed by atoms with Gasteiger partial charge in [-0.05, 0) is 6.92 Å². The third-order valence-electron chi connectivity index (χ3n) is 2.30. The molecule has 1 saturated heterocycles. The lowest BCUT2D eigenvalue weighted by Gasteiger charge is -2.31. The SMILES string of the molecule is CC1(C)CC(=O)NC1(C)O. The van der Waals surface area contributed by atoms with E-state index in [0.717, 1.165) is 0 Å². The van der Waals surface area contributed by atoms with Crippen molar-refractivity contribution < 1.29 is 9.90 Å². The van der Waals surface area contributed by atoms with Crippen LogP contribution in [-0.2, 0) is 4.79 Å². The van der Waals surface area contributed by atoms with E-state index in [-0.39, 0.29) is 11.3 Å². The quantitative estimate of drug-likeness (QED) is 0.510. The van der Waals surface area contributed by atoms with Gasteiger partial charge >= 0.3 is 0 Å². The van der Waals surface area contributed by atoms with Crippen molar-refractivity contribution in [2.75, 3.05) is 0 Å². The van der Waals surface area contributed by atoms with Crippen LogP contribution in [0, 0.1) is 5.41 Å². The molecule has 10 heavy (non-hydrogen) atoms. The van der Waals surface area contributed by atoms with Crippen molar-refractivity contribution in [1.82, 2.24) is 5.32 Å². The fraction of sp³-hybridized carbons (Fsp3) is 0.857. The maximum atomic E-state index is 10.8.